The summed E-state index contributed by atoms with van der Waals surface area (Å²) < 4.78 is 12.7. The molecule has 1 aromatic heterocycles. The maximum absolute atomic E-state index is 12.7. The Morgan fingerprint density at radius 2 is 1.87 bits per heavy atom. The van der Waals surface area contributed by atoms with Gasteiger partial charge in [-0.05, 0) is 67.6 Å². The third kappa shape index (κ3) is 3.11. The molecule has 31 heavy (non-hydrogen) atoms. The third-order valence-electron chi connectivity index (χ3n) is 7.99. The van der Waals surface area contributed by atoms with Crippen molar-refractivity contribution in [3.05, 3.63) is 41.0 Å². The number of benzene rings is 1. The van der Waals surface area contributed by atoms with Gasteiger partial charge in [-0.3, -0.25) is 4.21 Å². The molecule has 6 nitrogen and oxygen atoms in total. The van der Waals surface area contributed by atoms with Gasteiger partial charge in [0.15, 0.2) is 5.82 Å². The molecule has 2 bridgehead atoms. The molecule has 4 aliphatic rings. The first-order chi connectivity index (χ1) is 15.1. The van der Waals surface area contributed by atoms with Crippen LogP contribution in [0.25, 0.3) is 0 Å². The first-order valence-electron chi connectivity index (χ1n) is 11.2. The molecule has 3 fully saturated rings. The lowest BCUT2D eigenvalue weighted by atomic mass is 9.76. The van der Waals surface area contributed by atoms with E-state index < -0.39 is 10.8 Å². The van der Waals surface area contributed by atoms with Gasteiger partial charge >= 0.3 is 0 Å². The van der Waals surface area contributed by atoms with Crippen LogP contribution in [-0.2, 0) is 10.8 Å². The summed E-state index contributed by atoms with van der Waals surface area (Å²) in [6.07, 6.45) is 7.15. The van der Waals surface area contributed by atoms with E-state index in [1.54, 1.807) is 6.20 Å². The van der Waals surface area contributed by atoms with E-state index in [0.717, 1.165) is 49.1 Å². The molecule has 1 aromatic carbocycles. The van der Waals surface area contributed by atoms with Gasteiger partial charge in [-0.15, -0.1) is 0 Å². The molecule has 2 saturated carbocycles. The number of nitrogens with zero attached hydrogens (tertiary/aromatic N) is 4. The van der Waals surface area contributed by atoms with Crippen molar-refractivity contribution in [1.82, 2.24) is 9.97 Å². The summed E-state index contributed by atoms with van der Waals surface area (Å²) in [5.41, 5.74) is 1.09. The van der Waals surface area contributed by atoms with Crippen molar-refractivity contribution in [1.29, 1.82) is 0 Å². The molecule has 2 aliphatic carbocycles. The second kappa shape index (κ2) is 7.42. The molecule has 6 rings (SSSR count). The predicted molar refractivity (Wildman–Crippen MR) is 122 cm³/mol. The van der Waals surface area contributed by atoms with Crippen LogP contribution in [0.3, 0.4) is 0 Å². The Bertz CT molecular complexity index is 1010. The van der Waals surface area contributed by atoms with Crippen LogP contribution in [0.1, 0.15) is 43.6 Å². The first kappa shape index (κ1) is 19.9. The topological polar surface area (TPSA) is 69.6 Å². The van der Waals surface area contributed by atoms with Gasteiger partial charge in [0, 0.05) is 18.1 Å². The highest BCUT2D eigenvalue weighted by molar-refractivity contribution is 7.85. The first-order valence-corrected chi connectivity index (χ1v) is 12.9. The zero-order valence-electron chi connectivity index (χ0n) is 17.4. The Morgan fingerprint density at radius 3 is 2.48 bits per heavy atom. The molecule has 2 aromatic rings. The van der Waals surface area contributed by atoms with E-state index in [-0.39, 0.29) is 12.1 Å². The number of aliphatic hydroxyl groups is 1. The van der Waals surface area contributed by atoms with E-state index in [2.05, 4.69) is 26.9 Å². The van der Waals surface area contributed by atoms with E-state index in [0.29, 0.717) is 28.5 Å². The van der Waals surface area contributed by atoms with Crippen LogP contribution in [0.2, 0.25) is 5.02 Å². The Hall–Kier alpha value is -1.70. The SMILES string of the molecule is O=[S@@]1CN(C2(CO)CCC2)c2nc(N3CC4CCC(C3)C4c3ccc(Cl)cc3)ncc21. The van der Waals surface area contributed by atoms with E-state index in [1.807, 2.05) is 12.1 Å². The largest absolute Gasteiger partial charge is 0.394 e. The number of fused-ring (bicyclic) bond motifs is 3. The van der Waals surface area contributed by atoms with Gasteiger partial charge in [0.05, 0.1) is 29.1 Å². The van der Waals surface area contributed by atoms with Gasteiger partial charge in [0.2, 0.25) is 5.95 Å². The van der Waals surface area contributed by atoms with Gasteiger partial charge < -0.3 is 14.9 Å². The highest BCUT2D eigenvalue weighted by Crippen LogP contribution is 2.49. The predicted octanol–water partition coefficient (Wildman–Crippen LogP) is 3.56. The summed E-state index contributed by atoms with van der Waals surface area (Å²) in [5.74, 6) is 3.65. The molecule has 0 spiro atoms. The van der Waals surface area contributed by atoms with Crippen molar-refractivity contribution in [2.24, 2.45) is 11.8 Å². The van der Waals surface area contributed by atoms with Crippen molar-refractivity contribution >= 4 is 34.2 Å². The minimum absolute atomic E-state index is 0.0829. The summed E-state index contributed by atoms with van der Waals surface area (Å²) in [6.45, 7) is 1.97. The molecule has 1 N–H and O–H groups in total. The van der Waals surface area contributed by atoms with Crippen LogP contribution in [0.5, 0.6) is 0 Å². The Balaban J connectivity index is 1.28. The standard InChI is InChI=1S/C23H27ClN4O2S/c24-18-6-4-15(5-7-18)20-16-2-3-17(20)12-27(11-16)22-25-10-19-21(26-22)28(14-31(19)30)23(13-29)8-1-9-23/h4-7,10,16-17,20,29H,1-3,8-9,11-14H2/t16?,17?,20?,31-/m1/s1. The Kier molecular flexibility index (Phi) is 4.78. The number of piperidine rings is 1. The van der Waals surface area contributed by atoms with Crippen LogP contribution >= 0.6 is 11.6 Å². The number of hydrogen-bond donors (Lipinski definition) is 1. The van der Waals surface area contributed by atoms with Crippen molar-refractivity contribution in [3.63, 3.8) is 0 Å². The van der Waals surface area contributed by atoms with Crippen LogP contribution < -0.4 is 9.80 Å². The summed E-state index contributed by atoms with van der Waals surface area (Å²) >= 11 is 6.10. The molecule has 1 saturated heterocycles. The second-order valence-corrected chi connectivity index (χ2v) is 11.4. The maximum atomic E-state index is 12.7. The average Bonchev–Trinajstić information content (AvgIpc) is 3.21. The molecule has 0 radical (unpaired) electrons. The van der Waals surface area contributed by atoms with Gasteiger partial charge in [0.25, 0.3) is 0 Å². The molecule has 0 amide bonds. The zero-order chi connectivity index (χ0) is 21.2. The van der Waals surface area contributed by atoms with Crippen molar-refractivity contribution < 1.29 is 9.32 Å². The summed E-state index contributed by atoms with van der Waals surface area (Å²) in [6, 6.07) is 8.36. The van der Waals surface area contributed by atoms with Gasteiger partial charge in [0.1, 0.15) is 10.8 Å². The van der Waals surface area contributed by atoms with Gasteiger partial charge in [-0.2, -0.15) is 4.98 Å². The number of halogens is 1. The number of aromatic nitrogens is 2. The Morgan fingerprint density at radius 1 is 1.16 bits per heavy atom. The van der Waals surface area contributed by atoms with Crippen molar-refractivity contribution in [2.75, 3.05) is 35.4 Å². The molecule has 3 heterocycles. The quantitative estimate of drug-likeness (QED) is 0.755. The van der Waals surface area contributed by atoms with Crippen molar-refractivity contribution in [3.8, 4) is 0 Å². The number of hydrogen-bond acceptors (Lipinski definition) is 6. The minimum Gasteiger partial charge on any atom is -0.394 e. The molecule has 3 atom stereocenters. The van der Waals surface area contributed by atoms with Gasteiger partial charge in [-0.1, -0.05) is 23.7 Å². The number of aliphatic hydroxyl groups excluding tert-OH is 1. The number of rotatable bonds is 4. The lowest BCUT2D eigenvalue weighted by molar-refractivity contribution is 0.119. The normalized spacial score (nSPS) is 30.9. The van der Waals surface area contributed by atoms with E-state index in [1.165, 1.54) is 18.4 Å². The van der Waals surface area contributed by atoms with Crippen LogP contribution in [0.15, 0.2) is 35.4 Å². The van der Waals surface area contributed by atoms with Crippen LogP contribution in [0, 0.1) is 11.8 Å². The lowest BCUT2D eigenvalue weighted by Gasteiger charge is -2.48. The zero-order valence-corrected chi connectivity index (χ0v) is 19.0. The van der Waals surface area contributed by atoms with E-state index in [9.17, 15) is 9.32 Å². The summed E-state index contributed by atoms with van der Waals surface area (Å²) in [5, 5.41) is 10.8. The fraction of sp³-hybridized carbons (Fsp3) is 0.565. The van der Waals surface area contributed by atoms with Gasteiger partial charge in [-0.25, -0.2) is 4.98 Å². The highest BCUT2D eigenvalue weighted by Gasteiger charge is 2.48. The molecule has 2 unspecified atom stereocenters. The maximum Gasteiger partial charge on any atom is 0.227 e. The summed E-state index contributed by atoms with van der Waals surface area (Å²) in [4.78, 5) is 14.7. The lowest BCUT2D eigenvalue weighted by Crippen LogP contribution is -2.56. The third-order valence-corrected chi connectivity index (χ3v) is 9.52. The summed E-state index contributed by atoms with van der Waals surface area (Å²) in [7, 11) is -1.13. The monoisotopic (exact) mass is 458 g/mol. The second-order valence-electron chi connectivity index (χ2n) is 9.58. The fourth-order valence-corrected chi connectivity index (χ4v) is 7.61. The fourth-order valence-electron chi connectivity index (χ4n) is 6.18. The number of anilines is 2. The highest BCUT2D eigenvalue weighted by atomic mass is 35.5. The molecular weight excluding hydrogens is 432 g/mol. The Labute approximate surface area is 190 Å². The smallest absolute Gasteiger partial charge is 0.227 e. The average molecular weight is 459 g/mol. The van der Waals surface area contributed by atoms with Crippen molar-refractivity contribution in [2.45, 2.75) is 48.5 Å². The molecule has 2 aliphatic heterocycles. The molecule has 164 valence electrons. The van der Waals surface area contributed by atoms with E-state index in [4.69, 9.17) is 16.6 Å². The minimum atomic E-state index is -1.13. The van der Waals surface area contributed by atoms with Crippen LogP contribution in [-0.4, -0.2) is 50.4 Å². The van der Waals surface area contributed by atoms with Crippen LogP contribution in [0.4, 0.5) is 11.8 Å². The van der Waals surface area contributed by atoms with E-state index >= 15 is 0 Å². The molecule has 8 heteroatoms. The molecular formula is C23H27ClN4O2S.